The van der Waals surface area contributed by atoms with Gasteiger partial charge in [-0.25, -0.2) is 9.67 Å². The normalized spacial score (nSPS) is 20.3. The van der Waals surface area contributed by atoms with E-state index < -0.39 is 0 Å². The van der Waals surface area contributed by atoms with E-state index in [2.05, 4.69) is 47.6 Å². The molecule has 0 unspecified atom stereocenters. The van der Waals surface area contributed by atoms with Crippen molar-refractivity contribution < 1.29 is 0 Å². The van der Waals surface area contributed by atoms with Crippen LogP contribution in [0.3, 0.4) is 0 Å². The van der Waals surface area contributed by atoms with Crippen LogP contribution < -0.4 is 10.2 Å². The molecular weight excluding hydrogens is 390 g/mol. The predicted octanol–water partition coefficient (Wildman–Crippen LogP) is 2.71. The van der Waals surface area contributed by atoms with Crippen LogP contribution in [0, 0.1) is 0 Å². The van der Waals surface area contributed by atoms with Crippen molar-refractivity contribution >= 4 is 16.9 Å². The van der Waals surface area contributed by atoms with Crippen LogP contribution in [0.5, 0.6) is 0 Å². The SMILES string of the molecule is CC1(N[C@H]2CCN(c3ncc(-c4ccc(-n5cccn5)c5[nH]ncc45)nn3)C2)CCC1. The summed E-state index contributed by atoms with van der Waals surface area (Å²) in [6.07, 6.45) is 12.3. The quantitative estimate of drug-likeness (QED) is 0.517. The highest BCUT2D eigenvalue weighted by atomic mass is 15.3. The molecule has 1 saturated carbocycles. The van der Waals surface area contributed by atoms with Gasteiger partial charge in [0.15, 0.2) is 0 Å². The molecule has 2 fully saturated rings. The Morgan fingerprint density at radius 1 is 1.19 bits per heavy atom. The smallest absolute Gasteiger partial charge is 0.245 e. The summed E-state index contributed by atoms with van der Waals surface area (Å²) in [6, 6.07) is 6.43. The van der Waals surface area contributed by atoms with E-state index in [9.17, 15) is 0 Å². The van der Waals surface area contributed by atoms with Gasteiger partial charge in [-0.1, -0.05) is 0 Å². The van der Waals surface area contributed by atoms with E-state index >= 15 is 0 Å². The number of nitrogens with zero attached hydrogens (tertiary/aromatic N) is 7. The van der Waals surface area contributed by atoms with Gasteiger partial charge in [0, 0.05) is 48.0 Å². The molecule has 0 bridgehead atoms. The van der Waals surface area contributed by atoms with Crippen LogP contribution >= 0.6 is 0 Å². The molecule has 31 heavy (non-hydrogen) atoms. The summed E-state index contributed by atoms with van der Waals surface area (Å²) in [5, 5.41) is 25.4. The summed E-state index contributed by atoms with van der Waals surface area (Å²) < 4.78 is 1.82. The molecule has 6 rings (SSSR count). The highest BCUT2D eigenvalue weighted by Gasteiger charge is 2.36. The first-order chi connectivity index (χ1) is 15.2. The first-order valence-corrected chi connectivity index (χ1v) is 10.9. The first-order valence-electron chi connectivity index (χ1n) is 10.9. The van der Waals surface area contributed by atoms with Crippen molar-refractivity contribution in [2.45, 2.75) is 44.2 Å². The van der Waals surface area contributed by atoms with Gasteiger partial charge in [-0.15, -0.1) is 10.2 Å². The van der Waals surface area contributed by atoms with Gasteiger partial charge in [-0.2, -0.15) is 10.2 Å². The molecule has 0 radical (unpaired) electrons. The summed E-state index contributed by atoms with van der Waals surface area (Å²) in [5.74, 6) is 0.698. The molecule has 4 aromatic rings. The van der Waals surface area contributed by atoms with E-state index in [4.69, 9.17) is 0 Å². The van der Waals surface area contributed by atoms with Crippen molar-refractivity contribution in [3.63, 3.8) is 0 Å². The summed E-state index contributed by atoms with van der Waals surface area (Å²) in [5.41, 5.74) is 3.85. The molecule has 3 aromatic heterocycles. The van der Waals surface area contributed by atoms with Gasteiger partial charge in [0.25, 0.3) is 0 Å². The lowest BCUT2D eigenvalue weighted by Crippen LogP contribution is -2.53. The highest BCUT2D eigenvalue weighted by Crippen LogP contribution is 2.33. The molecule has 1 saturated heterocycles. The first kappa shape index (κ1) is 18.4. The molecule has 1 atom stereocenters. The number of aromatic nitrogens is 7. The van der Waals surface area contributed by atoms with Crippen molar-refractivity contribution in [1.82, 2.24) is 40.5 Å². The van der Waals surface area contributed by atoms with Crippen LogP contribution in [0.25, 0.3) is 27.8 Å². The fourth-order valence-corrected chi connectivity index (χ4v) is 4.79. The van der Waals surface area contributed by atoms with Crippen LogP contribution in [0.1, 0.15) is 32.6 Å². The Hall–Kier alpha value is -3.33. The largest absolute Gasteiger partial charge is 0.338 e. The summed E-state index contributed by atoms with van der Waals surface area (Å²) >= 11 is 0. The minimum absolute atomic E-state index is 0.321. The molecule has 9 heteroatoms. The summed E-state index contributed by atoms with van der Waals surface area (Å²) in [4.78, 5) is 6.87. The Bertz CT molecular complexity index is 1190. The maximum atomic E-state index is 4.64. The van der Waals surface area contributed by atoms with Crippen molar-refractivity contribution in [3.05, 3.63) is 43.0 Å². The Morgan fingerprint density at radius 3 is 2.87 bits per heavy atom. The average molecular weight is 416 g/mol. The van der Waals surface area contributed by atoms with Gasteiger partial charge in [-0.3, -0.25) is 5.10 Å². The molecule has 9 nitrogen and oxygen atoms in total. The Kier molecular flexibility index (Phi) is 4.24. The minimum atomic E-state index is 0.321. The highest BCUT2D eigenvalue weighted by molar-refractivity contribution is 5.97. The van der Waals surface area contributed by atoms with Gasteiger partial charge >= 0.3 is 0 Å². The van der Waals surface area contributed by atoms with E-state index in [0.717, 1.165) is 47.4 Å². The number of benzene rings is 1. The van der Waals surface area contributed by atoms with Crippen LogP contribution in [0.15, 0.2) is 43.0 Å². The number of hydrogen-bond acceptors (Lipinski definition) is 7. The molecular formula is C22H25N9. The second kappa shape index (κ2) is 7.12. The third kappa shape index (κ3) is 3.25. The molecule has 158 valence electrons. The van der Waals surface area contributed by atoms with Gasteiger partial charge in [0.2, 0.25) is 5.95 Å². The van der Waals surface area contributed by atoms with Crippen LogP contribution in [0.2, 0.25) is 0 Å². The average Bonchev–Trinajstić information content (AvgIpc) is 3.53. The maximum Gasteiger partial charge on any atom is 0.245 e. The molecule has 1 aliphatic heterocycles. The van der Waals surface area contributed by atoms with E-state index in [-0.39, 0.29) is 0 Å². The van der Waals surface area contributed by atoms with Crippen LogP contribution in [-0.2, 0) is 0 Å². The third-order valence-corrected chi connectivity index (χ3v) is 6.65. The second-order valence-corrected chi connectivity index (χ2v) is 8.88. The molecule has 0 amide bonds. The fourth-order valence-electron chi connectivity index (χ4n) is 4.79. The monoisotopic (exact) mass is 415 g/mol. The van der Waals surface area contributed by atoms with Crippen LogP contribution in [-0.4, -0.2) is 59.8 Å². The van der Waals surface area contributed by atoms with Gasteiger partial charge < -0.3 is 10.2 Å². The van der Waals surface area contributed by atoms with Crippen LogP contribution in [0.4, 0.5) is 5.95 Å². The lowest BCUT2D eigenvalue weighted by Gasteiger charge is -2.41. The zero-order valence-corrected chi connectivity index (χ0v) is 17.5. The zero-order chi connectivity index (χ0) is 20.8. The third-order valence-electron chi connectivity index (χ3n) is 6.65. The molecule has 4 heterocycles. The fraction of sp³-hybridized carbons (Fsp3) is 0.409. The Labute approximate surface area is 179 Å². The van der Waals surface area contributed by atoms with E-state index in [1.165, 1.54) is 19.3 Å². The Morgan fingerprint density at radius 2 is 2.13 bits per heavy atom. The molecule has 0 spiro atoms. The van der Waals surface area contributed by atoms with Crippen molar-refractivity contribution in [1.29, 1.82) is 0 Å². The number of H-pyrrole nitrogens is 1. The topological polar surface area (TPSA) is 100 Å². The molecule has 2 aliphatic rings. The second-order valence-electron chi connectivity index (χ2n) is 8.88. The number of nitrogens with one attached hydrogen (secondary N) is 2. The molecule has 1 aliphatic carbocycles. The summed E-state index contributed by atoms with van der Waals surface area (Å²) in [6.45, 7) is 4.22. The zero-order valence-electron chi connectivity index (χ0n) is 17.5. The van der Waals surface area contributed by atoms with Gasteiger partial charge in [0.1, 0.15) is 5.69 Å². The number of fused-ring (bicyclic) bond motifs is 1. The van der Waals surface area contributed by atoms with Gasteiger partial charge in [0.05, 0.1) is 23.6 Å². The van der Waals surface area contributed by atoms with Crippen molar-refractivity contribution in [2.24, 2.45) is 0 Å². The number of hydrogen-bond donors (Lipinski definition) is 2. The maximum absolute atomic E-state index is 4.64. The van der Waals surface area contributed by atoms with Crippen molar-refractivity contribution in [3.8, 4) is 16.9 Å². The number of aromatic amines is 1. The van der Waals surface area contributed by atoms with Gasteiger partial charge in [-0.05, 0) is 50.8 Å². The van der Waals surface area contributed by atoms with E-state index in [1.54, 1.807) is 6.20 Å². The molecule has 2 N–H and O–H groups in total. The minimum Gasteiger partial charge on any atom is -0.338 e. The standard InChI is InChI=1S/C22H25N9/c1-22(7-2-8-22)26-15-6-11-30(14-15)21-23-13-18(27-29-21)16-4-5-19(31-10-3-9-25-31)20-17(16)12-24-28-20/h3-5,9-10,12-13,15,26H,2,6-8,11,14H2,1H3,(H,24,28)/t15-/m0/s1. The van der Waals surface area contributed by atoms with Crippen molar-refractivity contribution in [2.75, 3.05) is 18.0 Å². The number of anilines is 1. The van der Waals surface area contributed by atoms with E-state index in [0.29, 0.717) is 17.5 Å². The predicted molar refractivity (Wildman–Crippen MR) is 118 cm³/mol. The Balaban J connectivity index is 1.23. The lowest BCUT2D eigenvalue weighted by molar-refractivity contribution is 0.189. The summed E-state index contributed by atoms with van der Waals surface area (Å²) in [7, 11) is 0. The molecule has 1 aromatic carbocycles. The lowest BCUT2D eigenvalue weighted by atomic mass is 9.78. The van der Waals surface area contributed by atoms with E-state index in [1.807, 2.05) is 41.5 Å². The number of rotatable bonds is 5.